The molecule has 0 fully saturated rings. The molecule has 0 aliphatic carbocycles. The summed E-state index contributed by atoms with van der Waals surface area (Å²) in [4.78, 5) is 11.9. The zero-order chi connectivity index (χ0) is 21.5. The van der Waals surface area contributed by atoms with Crippen LogP contribution >= 0.6 is 0 Å². The maximum absolute atomic E-state index is 13.2. The van der Waals surface area contributed by atoms with E-state index in [0.29, 0.717) is 0 Å². The van der Waals surface area contributed by atoms with Crippen LogP contribution in [-0.2, 0) is 4.79 Å². The average molecular weight is 402 g/mol. The van der Waals surface area contributed by atoms with Crippen molar-refractivity contribution in [2.75, 3.05) is 20.3 Å². The van der Waals surface area contributed by atoms with E-state index < -0.39 is 23.7 Å². The van der Waals surface area contributed by atoms with Crippen LogP contribution in [0.15, 0.2) is 54.6 Å². The third-order valence-corrected chi connectivity index (χ3v) is 5.09. The quantitative estimate of drug-likeness (QED) is 0.382. The van der Waals surface area contributed by atoms with Crippen LogP contribution < -0.4 is 15.5 Å². The van der Waals surface area contributed by atoms with E-state index in [1.165, 1.54) is 19.3 Å². The van der Waals surface area contributed by atoms with Gasteiger partial charge in [0.1, 0.15) is 23.6 Å². The molecule has 1 amide bonds. The number of hydrogen-bond donors (Lipinski definition) is 4. The minimum Gasteiger partial charge on any atom is -0.497 e. The second-order valence-corrected chi connectivity index (χ2v) is 7.11. The lowest BCUT2D eigenvalue weighted by molar-refractivity contribution is -0.148. The van der Waals surface area contributed by atoms with Crippen LogP contribution in [0.2, 0.25) is 0 Å². The van der Waals surface area contributed by atoms with Gasteiger partial charge in [-0.05, 0) is 42.7 Å². The van der Waals surface area contributed by atoms with Crippen LogP contribution in [0.5, 0.6) is 5.75 Å². The third-order valence-electron chi connectivity index (χ3n) is 5.09. The highest BCUT2D eigenvalue weighted by molar-refractivity contribution is 5.86. The lowest BCUT2D eigenvalue weighted by Crippen LogP contribution is -2.68. The van der Waals surface area contributed by atoms with E-state index >= 15 is 0 Å². The topological polar surface area (TPSA) is 90.8 Å². The van der Waals surface area contributed by atoms with Gasteiger partial charge in [-0.25, -0.2) is 9.87 Å². The van der Waals surface area contributed by atoms with Gasteiger partial charge in [0, 0.05) is 6.54 Å². The number of rotatable bonds is 9. The average Bonchev–Trinajstić information content (AvgIpc) is 2.76. The van der Waals surface area contributed by atoms with E-state index in [9.17, 15) is 14.3 Å². The Morgan fingerprint density at radius 2 is 1.86 bits per heavy atom. The molecule has 156 valence electrons. The first-order chi connectivity index (χ1) is 13.8. The predicted molar refractivity (Wildman–Crippen MR) is 110 cm³/mol. The van der Waals surface area contributed by atoms with E-state index in [1.54, 1.807) is 13.2 Å². The summed E-state index contributed by atoms with van der Waals surface area (Å²) < 4.78 is 18.4. The largest absolute Gasteiger partial charge is 0.497 e. The van der Waals surface area contributed by atoms with Crippen molar-refractivity contribution in [2.45, 2.75) is 25.0 Å². The molecule has 0 spiro atoms. The molecule has 7 heteroatoms. The molecule has 0 saturated carbocycles. The number of halogens is 1. The number of nitrogens with one attached hydrogen (secondary N) is 2. The summed E-state index contributed by atoms with van der Waals surface area (Å²) in [6.07, 6.45) is 3.58. The molecule has 2 rings (SSSR count). The maximum Gasteiger partial charge on any atom is 0.266 e. The van der Waals surface area contributed by atoms with Crippen LogP contribution in [0.25, 0.3) is 17.2 Å². The minimum absolute atomic E-state index is 0.178. The molecule has 0 aromatic heterocycles. The Kier molecular flexibility index (Phi) is 7.50. The summed E-state index contributed by atoms with van der Waals surface area (Å²) in [5, 5.41) is 21.9. The Balaban J connectivity index is 2.05. The standard InChI is InChI=1S/C22H27FN2O4/c1-21(27,15-23)22(2,20(26)25-28)24-13-5-6-16-9-11-17(12-10-16)18-7-4-8-19(14-18)29-3/h4-12,14,24,27-28H,13,15H2,1-3H3,(H,25,26)/b6-5+/t21-,22-/m1/s1. The third kappa shape index (κ3) is 5.20. The van der Waals surface area contributed by atoms with Crippen LogP contribution in [-0.4, -0.2) is 47.7 Å². The van der Waals surface area contributed by atoms with Crippen molar-refractivity contribution in [1.82, 2.24) is 10.8 Å². The Hall–Kier alpha value is -2.74. The van der Waals surface area contributed by atoms with Gasteiger partial charge in [0.15, 0.2) is 0 Å². The van der Waals surface area contributed by atoms with Gasteiger partial charge in [-0.15, -0.1) is 0 Å². The summed E-state index contributed by atoms with van der Waals surface area (Å²) in [7, 11) is 1.63. The zero-order valence-corrected chi connectivity index (χ0v) is 16.8. The number of amides is 1. The number of hydrogen-bond acceptors (Lipinski definition) is 5. The van der Waals surface area contributed by atoms with Gasteiger partial charge < -0.3 is 9.84 Å². The Bertz CT molecular complexity index is 852. The fourth-order valence-corrected chi connectivity index (χ4v) is 2.81. The highest BCUT2D eigenvalue weighted by Gasteiger charge is 2.49. The van der Waals surface area contributed by atoms with Crippen LogP contribution in [0, 0.1) is 0 Å². The lowest BCUT2D eigenvalue weighted by Gasteiger charge is -2.39. The summed E-state index contributed by atoms with van der Waals surface area (Å²) in [5.74, 6) is -0.132. The van der Waals surface area contributed by atoms with Gasteiger partial charge in [-0.3, -0.25) is 15.3 Å². The van der Waals surface area contributed by atoms with Crippen molar-refractivity contribution in [3.8, 4) is 16.9 Å². The van der Waals surface area contributed by atoms with Gasteiger partial charge >= 0.3 is 0 Å². The lowest BCUT2D eigenvalue weighted by atomic mass is 9.82. The van der Waals surface area contributed by atoms with Gasteiger partial charge in [0.2, 0.25) is 0 Å². The van der Waals surface area contributed by atoms with E-state index in [0.717, 1.165) is 22.4 Å². The Labute approximate surface area is 170 Å². The van der Waals surface area contributed by atoms with Crippen molar-refractivity contribution in [3.05, 3.63) is 60.2 Å². The first-order valence-corrected chi connectivity index (χ1v) is 9.16. The highest BCUT2D eigenvalue weighted by Crippen LogP contribution is 2.25. The zero-order valence-electron chi connectivity index (χ0n) is 16.8. The predicted octanol–water partition coefficient (Wildman–Crippen LogP) is 2.95. The fraction of sp³-hybridized carbons (Fsp3) is 0.318. The first-order valence-electron chi connectivity index (χ1n) is 9.16. The van der Waals surface area contributed by atoms with Crippen molar-refractivity contribution in [2.24, 2.45) is 0 Å². The van der Waals surface area contributed by atoms with E-state index in [4.69, 9.17) is 9.94 Å². The molecule has 0 saturated heterocycles. The first kappa shape index (κ1) is 22.5. The molecule has 2 atom stereocenters. The van der Waals surface area contributed by atoms with Gasteiger partial charge in [0.05, 0.1) is 7.11 Å². The molecule has 2 aromatic rings. The molecule has 29 heavy (non-hydrogen) atoms. The smallest absolute Gasteiger partial charge is 0.266 e. The Morgan fingerprint density at radius 3 is 2.45 bits per heavy atom. The van der Waals surface area contributed by atoms with Gasteiger partial charge in [0.25, 0.3) is 5.91 Å². The number of ether oxygens (including phenoxy) is 1. The van der Waals surface area contributed by atoms with Crippen LogP contribution in [0.4, 0.5) is 4.39 Å². The molecule has 6 nitrogen and oxygen atoms in total. The molecule has 0 aliphatic rings. The summed E-state index contributed by atoms with van der Waals surface area (Å²) >= 11 is 0. The molecular weight excluding hydrogens is 375 g/mol. The van der Waals surface area contributed by atoms with Crippen LogP contribution in [0.1, 0.15) is 19.4 Å². The molecular formula is C22H27FN2O4. The summed E-state index contributed by atoms with van der Waals surface area (Å²) in [6, 6.07) is 15.6. The van der Waals surface area contributed by atoms with Crippen molar-refractivity contribution < 1.29 is 24.2 Å². The van der Waals surface area contributed by atoms with E-state index in [2.05, 4.69) is 5.32 Å². The maximum atomic E-state index is 13.2. The number of alkyl halides is 1. The molecule has 0 unspecified atom stereocenters. The number of carbonyl (C=O) groups is 1. The minimum atomic E-state index is -1.99. The highest BCUT2D eigenvalue weighted by atomic mass is 19.1. The monoisotopic (exact) mass is 402 g/mol. The molecule has 0 bridgehead atoms. The molecule has 4 N–H and O–H groups in total. The number of aliphatic hydroxyl groups is 1. The molecule has 0 aliphatic heterocycles. The van der Waals surface area contributed by atoms with E-state index in [1.807, 2.05) is 54.6 Å². The van der Waals surface area contributed by atoms with Crippen LogP contribution in [0.3, 0.4) is 0 Å². The molecule has 0 heterocycles. The molecule has 0 radical (unpaired) electrons. The second-order valence-electron chi connectivity index (χ2n) is 7.11. The van der Waals surface area contributed by atoms with Gasteiger partial charge in [-0.1, -0.05) is 48.6 Å². The summed E-state index contributed by atoms with van der Waals surface area (Å²) in [5.41, 5.74) is 0.791. The van der Waals surface area contributed by atoms with Crippen molar-refractivity contribution in [3.63, 3.8) is 0 Å². The summed E-state index contributed by atoms with van der Waals surface area (Å²) in [6.45, 7) is 1.54. The fourth-order valence-electron chi connectivity index (χ4n) is 2.81. The second kappa shape index (κ2) is 9.65. The number of benzene rings is 2. The van der Waals surface area contributed by atoms with Gasteiger partial charge in [-0.2, -0.15) is 0 Å². The number of methoxy groups -OCH3 is 1. The number of hydroxylamine groups is 1. The Morgan fingerprint density at radius 1 is 1.17 bits per heavy atom. The molecule has 2 aromatic carbocycles. The normalized spacial score (nSPS) is 15.5. The van der Waals surface area contributed by atoms with Crippen molar-refractivity contribution >= 4 is 12.0 Å². The number of carbonyl (C=O) groups excluding carboxylic acids is 1. The SMILES string of the molecule is COc1cccc(-c2ccc(/C=C/CN[C@](C)(C(=O)NO)[C@](C)(O)CF)cc2)c1. The van der Waals surface area contributed by atoms with Crippen molar-refractivity contribution in [1.29, 1.82) is 0 Å². The van der Waals surface area contributed by atoms with E-state index in [-0.39, 0.29) is 6.54 Å².